The number of benzene rings is 1. The van der Waals surface area contributed by atoms with Gasteiger partial charge in [-0.3, -0.25) is 0 Å². The van der Waals surface area contributed by atoms with E-state index in [1.807, 2.05) is 0 Å². The summed E-state index contributed by atoms with van der Waals surface area (Å²) < 4.78 is 36.9. The summed E-state index contributed by atoms with van der Waals surface area (Å²) >= 11 is 0. The second-order valence-corrected chi connectivity index (χ2v) is 5.89. The molecule has 0 saturated carbocycles. The van der Waals surface area contributed by atoms with Gasteiger partial charge in [-0.05, 0) is 32.3 Å². The Bertz CT molecular complexity index is 472. The Hall–Kier alpha value is -1.14. The summed E-state index contributed by atoms with van der Waals surface area (Å²) in [5.74, 6) is -0.903. The van der Waals surface area contributed by atoms with Crippen molar-refractivity contribution in [3.8, 4) is 0 Å². The predicted molar refractivity (Wildman–Crippen MR) is 61.4 cm³/mol. The first kappa shape index (κ1) is 12.9. The summed E-state index contributed by atoms with van der Waals surface area (Å²) in [5, 5.41) is 0. The van der Waals surface area contributed by atoms with E-state index < -0.39 is 15.7 Å². The fourth-order valence-corrected chi connectivity index (χ4v) is 2.64. The van der Waals surface area contributed by atoms with E-state index in [0.29, 0.717) is 6.54 Å². The number of hydrogen-bond acceptors (Lipinski definition) is 4. The Kier molecular flexibility index (Phi) is 3.88. The maximum absolute atomic E-state index is 13.4. The molecule has 4 nitrogen and oxygen atoms in total. The van der Waals surface area contributed by atoms with Crippen molar-refractivity contribution < 1.29 is 12.8 Å². The molecule has 2 N–H and O–H groups in total. The number of halogens is 1. The highest BCUT2D eigenvalue weighted by Gasteiger charge is 2.19. The Balaban J connectivity index is 2.99. The molecule has 0 aliphatic carbocycles. The lowest BCUT2D eigenvalue weighted by Gasteiger charge is -2.10. The highest BCUT2D eigenvalue weighted by Crippen LogP contribution is 2.18. The first-order valence-corrected chi connectivity index (χ1v) is 6.40. The van der Waals surface area contributed by atoms with E-state index in [2.05, 4.69) is 0 Å². The van der Waals surface area contributed by atoms with E-state index in [1.54, 1.807) is 19.0 Å². The highest BCUT2D eigenvalue weighted by molar-refractivity contribution is 7.91. The zero-order valence-electron chi connectivity index (χ0n) is 9.27. The molecular weight excluding hydrogens is 231 g/mol. The average molecular weight is 246 g/mol. The van der Waals surface area contributed by atoms with Gasteiger partial charge in [-0.25, -0.2) is 12.8 Å². The molecule has 0 spiro atoms. The monoisotopic (exact) mass is 246 g/mol. The van der Waals surface area contributed by atoms with Crippen molar-refractivity contribution in [2.75, 3.05) is 32.1 Å². The van der Waals surface area contributed by atoms with Crippen LogP contribution >= 0.6 is 0 Å². The van der Waals surface area contributed by atoms with Crippen molar-refractivity contribution >= 4 is 15.5 Å². The standard InChI is InChI=1S/C10H15FN2O2S/c1-13(2)5-6-16(14,15)10-4-3-8(12)7-9(10)11/h3-4,7H,5-6,12H2,1-2H3. The number of anilines is 1. The quantitative estimate of drug-likeness (QED) is 0.796. The molecule has 0 amide bonds. The van der Waals surface area contributed by atoms with Crippen LogP contribution in [-0.2, 0) is 9.84 Å². The van der Waals surface area contributed by atoms with Crippen LogP contribution < -0.4 is 5.73 Å². The van der Waals surface area contributed by atoms with E-state index >= 15 is 0 Å². The number of nitrogens with zero attached hydrogens (tertiary/aromatic N) is 1. The number of sulfone groups is 1. The molecule has 1 aromatic carbocycles. The molecule has 16 heavy (non-hydrogen) atoms. The fourth-order valence-electron chi connectivity index (χ4n) is 1.18. The minimum Gasteiger partial charge on any atom is -0.399 e. The lowest BCUT2D eigenvalue weighted by molar-refractivity contribution is 0.431. The highest BCUT2D eigenvalue weighted by atomic mass is 32.2. The minimum absolute atomic E-state index is 0.110. The summed E-state index contributed by atoms with van der Waals surface area (Å²) in [6.45, 7) is 0.353. The zero-order chi connectivity index (χ0) is 12.3. The Morgan fingerprint density at radius 1 is 1.38 bits per heavy atom. The van der Waals surface area contributed by atoms with Crippen LogP contribution in [0.4, 0.5) is 10.1 Å². The van der Waals surface area contributed by atoms with Crippen molar-refractivity contribution in [2.45, 2.75) is 4.90 Å². The van der Waals surface area contributed by atoms with Crippen molar-refractivity contribution in [3.05, 3.63) is 24.0 Å². The summed E-state index contributed by atoms with van der Waals surface area (Å²) in [5.41, 5.74) is 5.56. The van der Waals surface area contributed by atoms with Crippen LogP contribution in [0.3, 0.4) is 0 Å². The maximum Gasteiger partial charge on any atom is 0.182 e. The lowest BCUT2D eigenvalue weighted by atomic mass is 10.3. The van der Waals surface area contributed by atoms with Crippen molar-refractivity contribution in [1.29, 1.82) is 0 Å². The van der Waals surface area contributed by atoms with Crippen LogP contribution in [0.15, 0.2) is 23.1 Å². The molecule has 1 aromatic rings. The maximum atomic E-state index is 13.4. The van der Waals surface area contributed by atoms with Crippen LogP contribution in [0.25, 0.3) is 0 Å². The van der Waals surface area contributed by atoms with Crippen molar-refractivity contribution in [3.63, 3.8) is 0 Å². The molecule has 0 radical (unpaired) electrons. The fraction of sp³-hybridized carbons (Fsp3) is 0.400. The van der Waals surface area contributed by atoms with Crippen LogP contribution in [0.1, 0.15) is 0 Å². The zero-order valence-corrected chi connectivity index (χ0v) is 10.1. The normalized spacial score (nSPS) is 12.0. The lowest BCUT2D eigenvalue weighted by Crippen LogP contribution is -2.22. The Labute approximate surface area is 94.8 Å². The van der Waals surface area contributed by atoms with Gasteiger partial charge >= 0.3 is 0 Å². The molecule has 0 bridgehead atoms. The molecule has 6 heteroatoms. The van der Waals surface area contributed by atoms with Crippen LogP contribution in [0, 0.1) is 5.82 Å². The van der Waals surface area contributed by atoms with E-state index in [0.717, 1.165) is 6.07 Å². The summed E-state index contributed by atoms with van der Waals surface area (Å²) in [6, 6.07) is 3.60. The third-order valence-corrected chi connectivity index (χ3v) is 3.82. The molecular formula is C10H15FN2O2S. The van der Waals surface area contributed by atoms with Crippen molar-refractivity contribution in [2.24, 2.45) is 0 Å². The van der Waals surface area contributed by atoms with Gasteiger partial charge in [0.15, 0.2) is 9.84 Å². The van der Waals surface area contributed by atoms with Gasteiger partial charge in [-0.1, -0.05) is 0 Å². The largest absolute Gasteiger partial charge is 0.399 e. The molecule has 90 valence electrons. The smallest absolute Gasteiger partial charge is 0.182 e. The molecule has 0 fully saturated rings. The Morgan fingerprint density at radius 3 is 2.50 bits per heavy atom. The van der Waals surface area contributed by atoms with Gasteiger partial charge in [0.2, 0.25) is 0 Å². The summed E-state index contributed by atoms with van der Waals surface area (Å²) in [7, 11) is -0.0574. The van der Waals surface area contributed by atoms with Gasteiger partial charge in [-0.2, -0.15) is 0 Å². The van der Waals surface area contributed by atoms with Gasteiger partial charge in [0.1, 0.15) is 10.7 Å². The third kappa shape index (κ3) is 3.18. The number of hydrogen-bond donors (Lipinski definition) is 1. The third-order valence-electron chi connectivity index (χ3n) is 2.10. The van der Waals surface area contributed by atoms with Gasteiger partial charge in [0.25, 0.3) is 0 Å². The molecule has 0 heterocycles. The minimum atomic E-state index is -3.58. The number of rotatable bonds is 4. The summed E-state index contributed by atoms with van der Waals surface area (Å²) in [4.78, 5) is 1.44. The van der Waals surface area contributed by atoms with Crippen LogP contribution in [0.5, 0.6) is 0 Å². The van der Waals surface area contributed by atoms with E-state index in [9.17, 15) is 12.8 Å². The average Bonchev–Trinajstić information content (AvgIpc) is 2.14. The molecule has 0 saturated heterocycles. The Morgan fingerprint density at radius 2 is 2.00 bits per heavy atom. The van der Waals surface area contributed by atoms with Crippen LogP contribution in [-0.4, -0.2) is 39.7 Å². The second kappa shape index (κ2) is 4.80. The molecule has 1 rings (SSSR count). The van der Waals surface area contributed by atoms with E-state index in [1.165, 1.54) is 12.1 Å². The van der Waals surface area contributed by atoms with E-state index in [4.69, 9.17) is 5.73 Å². The second-order valence-electron chi connectivity index (χ2n) is 3.81. The van der Waals surface area contributed by atoms with Crippen LogP contribution in [0.2, 0.25) is 0 Å². The molecule has 0 aliphatic heterocycles. The van der Waals surface area contributed by atoms with Gasteiger partial charge in [0.05, 0.1) is 5.75 Å². The van der Waals surface area contributed by atoms with Gasteiger partial charge < -0.3 is 10.6 Å². The molecule has 0 aliphatic rings. The molecule has 0 atom stereocenters. The van der Waals surface area contributed by atoms with Gasteiger partial charge in [-0.15, -0.1) is 0 Å². The topological polar surface area (TPSA) is 63.4 Å². The molecule has 0 unspecified atom stereocenters. The first-order valence-electron chi connectivity index (χ1n) is 4.75. The number of nitrogens with two attached hydrogens (primary N) is 1. The van der Waals surface area contributed by atoms with E-state index in [-0.39, 0.29) is 16.3 Å². The van der Waals surface area contributed by atoms with Crippen molar-refractivity contribution in [1.82, 2.24) is 4.90 Å². The summed E-state index contributed by atoms with van der Waals surface area (Å²) in [6.07, 6.45) is 0. The van der Waals surface area contributed by atoms with Gasteiger partial charge in [0, 0.05) is 12.2 Å². The number of nitrogen functional groups attached to an aromatic ring is 1. The first-order chi connectivity index (χ1) is 7.33. The SMILES string of the molecule is CN(C)CCS(=O)(=O)c1ccc(N)cc1F. The molecule has 0 aromatic heterocycles. The predicted octanol–water partition coefficient (Wildman–Crippen LogP) is 0.743.